The Morgan fingerprint density at radius 3 is 2.02 bits per heavy atom. The maximum absolute atomic E-state index is 13.4. The van der Waals surface area contributed by atoms with Crippen LogP contribution in [0.15, 0.2) is 132 Å². The van der Waals surface area contributed by atoms with Gasteiger partial charge in [-0.3, -0.25) is 9.59 Å². The van der Waals surface area contributed by atoms with Gasteiger partial charge in [0.25, 0.3) is 5.91 Å². The molecule has 2 amide bonds. The summed E-state index contributed by atoms with van der Waals surface area (Å²) in [6, 6.07) is 26.6. The van der Waals surface area contributed by atoms with Gasteiger partial charge < -0.3 is 20.9 Å². The van der Waals surface area contributed by atoms with Crippen molar-refractivity contribution in [2.24, 2.45) is 0 Å². The molecule has 268 valence electrons. The van der Waals surface area contributed by atoms with Gasteiger partial charge in [0, 0.05) is 60.0 Å². The minimum Gasteiger partial charge on any atom is -0.381 e. The molecule has 1 aliphatic rings. The summed E-state index contributed by atoms with van der Waals surface area (Å²) in [4.78, 5) is 28.8. The fourth-order valence-electron chi connectivity index (χ4n) is 5.50. The van der Waals surface area contributed by atoms with E-state index in [1.165, 1.54) is 21.8 Å². The smallest absolute Gasteiger partial charge is 0.253 e. The lowest BCUT2D eigenvalue weighted by atomic mass is 9.83. The zero-order valence-electron chi connectivity index (χ0n) is 31.4. The van der Waals surface area contributed by atoms with Gasteiger partial charge in [-0.1, -0.05) is 128 Å². The van der Waals surface area contributed by atoms with Crippen molar-refractivity contribution in [2.75, 3.05) is 24.2 Å². The molecule has 7 heteroatoms. The van der Waals surface area contributed by atoms with Crippen LogP contribution in [0.5, 0.6) is 0 Å². The number of nitrogens with one attached hydrogen (secondary N) is 3. The highest BCUT2D eigenvalue weighted by Crippen LogP contribution is 2.48. The van der Waals surface area contributed by atoms with E-state index in [2.05, 4.69) is 71.8 Å². The van der Waals surface area contributed by atoms with E-state index in [1.54, 1.807) is 11.8 Å². The quantitative estimate of drug-likeness (QED) is 0.0640. The van der Waals surface area contributed by atoms with E-state index in [0.29, 0.717) is 37.3 Å². The van der Waals surface area contributed by atoms with Crippen LogP contribution in [0, 0.1) is 0 Å². The van der Waals surface area contributed by atoms with E-state index in [4.69, 9.17) is 0 Å². The Morgan fingerprint density at radius 1 is 0.840 bits per heavy atom. The molecule has 3 aromatic rings. The number of carbonyl (C=O) groups is 2. The zero-order chi connectivity index (χ0) is 36.9. The number of hydrogen-bond donors (Lipinski definition) is 3. The molecule has 0 aliphatic carbocycles. The molecule has 50 heavy (non-hydrogen) atoms. The second-order valence-corrected chi connectivity index (χ2v) is 12.6. The van der Waals surface area contributed by atoms with Gasteiger partial charge in [-0.15, -0.1) is 11.8 Å². The van der Waals surface area contributed by atoms with Crippen LogP contribution in [0.2, 0.25) is 0 Å². The molecule has 3 N–H and O–H groups in total. The molecular formula is C43H58N4O2S. The van der Waals surface area contributed by atoms with Crippen LogP contribution in [-0.4, -0.2) is 31.2 Å². The SMILES string of the molecule is C=C(NCc1ccccc1)\C(=C/C=C/C=C1/N(CCCNC(=O)CC)c2ccc(SC)cc2C1(C)C)C(=O)NCc1ccccc1.CC.CC. The van der Waals surface area contributed by atoms with Gasteiger partial charge in [-0.2, -0.15) is 0 Å². The molecule has 1 aliphatic heterocycles. The first-order valence-corrected chi connectivity index (χ1v) is 19.1. The summed E-state index contributed by atoms with van der Waals surface area (Å²) >= 11 is 1.74. The van der Waals surface area contributed by atoms with Gasteiger partial charge in [-0.05, 0) is 59.7 Å². The molecule has 0 fully saturated rings. The summed E-state index contributed by atoms with van der Waals surface area (Å²) in [5.41, 5.74) is 6.59. The number of benzene rings is 3. The second-order valence-electron chi connectivity index (χ2n) is 11.7. The molecule has 0 saturated heterocycles. The van der Waals surface area contributed by atoms with Crippen LogP contribution < -0.4 is 20.9 Å². The Bertz CT molecular complexity index is 1540. The van der Waals surface area contributed by atoms with E-state index in [1.807, 2.05) is 114 Å². The predicted octanol–water partition coefficient (Wildman–Crippen LogP) is 9.46. The molecule has 0 unspecified atom stereocenters. The van der Waals surface area contributed by atoms with Gasteiger partial charge in [-0.25, -0.2) is 0 Å². The molecule has 0 atom stereocenters. The maximum Gasteiger partial charge on any atom is 0.253 e. The number of anilines is 1. The molecule has 4 rings (SSSR count). The Hall–Kier alpha value is -4.49. The molecule has 0 saturated carbocycles. The number of rotatable bonds is 15. The van der Waals surface area contributed by atoms with Crippen molar-refractivity contribution >= 4 is 29.3 Å². The van der Waals surface area contributed by atoms with Crippen LogP contribution >= 0.6 is 11.8 Å². The van der Waals surface area contributed by atoms with E-state index in [9.17, 15) is 9.59 Å². The topological polar surface area (TPSA) is 73.5 Å². The number of fused-ring (bicyclic) bond motifs is 1. The third-order valence-electron chi connectivity index (χ3n) is 8.14. The van der Waals surface area contributed by atoms with E-state index >= 15 is 0 Å². The Morgan fingerprint density at radius 2 is 1.44 bits per heavy atom. The first-order valence-electron chi connectivity index (χ1n) is 17.9. The molecule has 1 heterocycles. The third kappa shape index (κ3) is 12.1. The van der Waals surface area contributed by atoms with Crippen molar-refractivity contribution in [3.8, 4) is 0 Å². The number of nitrogens with zero attached hydrogens (tertiary/aromatic N) is 1. The average Bonchev–Trinajstić information content (AvgIpc) is 3.37. The summed E-state index contributed by atoms with van der Waals surface area (Å²) in [6.07, 6.45) is 11.3. The standard InChI is InChI=1S/C39H46N4O2S.2C2H6/c1-6-37(44)40-24-15-25-43-35-23-22-32(46-5)26-34(35)39(3,4)36(43)21-14-13-20-33(29(2)41-27-30-16-9-7-10-17-30)38(45)42-28-31-18-11-8-12-19-31;2*1-2/h7-14,16-23,26,41H,2,6,15,24-25,27-28H2,1,3-5H3,(H,40,44)(H,42,45);2*1-2H3/b14-13+,33-20+,36-21+;;. The van der Waals surface area contributed by atoms with E-state index in [-0.39, 0.29) is 17.2 Å². The first-order chi connectivity index (χ1) is 24.2. The minimum atomic E-state index is -0.224. The molecular weight excluding hydrogens is 637 g/mol. The lowest BCUT2D eigenvalue weighted by Gasteiger charge is -2.27. The summed E-state index contributed by atoms with van der Waals surface area (Å²) in [7, 11) is 0. The molecule has 6 nitrogen and oxygen atoms in total. The van der Waals surface area contributed by atoms with Crippen molar-refractivity contribution in [2.45, 2.75) is 84.7 Å². The van der Waals surface area contributed by atoms with Crippen molar-refractivity contribution in [1.82, 2.24) is 16.0 Å². The fraction of sp³-hybridized carbons (Fsp3) is 0.349. The molecule has 0 aromatic heterocycles. The summed E-state index contributed by atoms with van der Waals surface area (Å²) < 4.78 is 0. The second kappa shape index (κ2) is 22.3. The van der Waals surface area contributed by atoms with Crippen molar-refractivity contribution in [3.63, 3.8) is 0 Å². The predicted molar refractivity (Wildman–Crippen MR) is 215 cm³/mol. The van der Waals surface area contributed by atoms with Crippen LogP contribution in [0.4, 0.5) is 5.69 Å². The van der Waals surface area contributed by atoms with E-state index < -0.39 is 0 Å². The third-order valence-corrected chi connectivity index (χ3v) is 8.87. The van der Waals surface area contributed by atoms with Crippen LogP contribution in [-0.2, 0) is 28.1 Å². The lowest BCUT2D eigenvalue weighted by molar-refractivity contribution is -0.120. The average molecular weight is 695 g/mol. The number of thioether (sulfide) groups is 1. The van der Waals surface area contributed by atoms with Crippen molar-refractivity contribution in [1.29, 1.82) is 0 Å². The molecule has 3 aromatic carbocycles. The Balaban J connectivity index is 0.00000209. The van der Waals surface area contributed by atoms with Gasteiger partial charge >= 0.3 is 0 Å². The Labute approximate surface area is 306 Å². The highest BCUT2D eigenvalue weighted by molar-refractivity contribution is 7.98. The summed E-state index contributed by atoms with van der Waals surface area (Å²) in [5, 5.41) is 9.38. The van der Waals surface area contributed by atoms with Crippen LogP contribution in [0.3, 0.4) is 0 Å². The van der Waals surface area contributed by atoms with Gasteiger partial charge in [0.1, 0.15) is 0 Å². The normalized spacial score (nSPS) is 13.8. The molecule has 0 spiro atoms. The number of hydrogen-bond acceptors (Lipinski definition) is 5. The highest BCUT2D eigenvalue weighted by Gasteiger charge is 2.39. The maximum atomic E-state index is 13.4. The highest BCUT2D eigenvalue weighted by atomic mass is 32.2. The van der Waals surface area contributed by atoms with Crippen LogP contribution in [0.1, 0.15) is 78.0 Å². The number of amides is 2. The summed E-state index contributed by atoms with van der Waals surface area (Å²) in [6.45, 7) is 21.0. The van der Waals surface area contributed by atoms with Crippen molar-refractivity contribution in [3.05, 3.63) is 143 Å². The lowest BCUT2D eigenvalue weighted by Crippen LogP contribution is -2.30. The molecule has 0 radical (unpaired) electrons. The zero-order valence-corrected chi connectivity index (χ0v) is 32.3. The number of carbonyl (C=O) groups excluding carboxylic acids is 2. The Kier molecular flexibility index (Phi) is 18.6. The van der Waals surface area contributed by atoms with E-state index in [0.717, 1.165) is 24.1 Å². The van der Waals surface area contributed by atoms with Gasteiger partial charge in [0.2, 0.25) is 5.91 Å². The van der Waals surface area contributed by atoms with Crippen LogP contribution in [0.25, 0.3) is 0 Å². The minimum absolute atomic E-state index is 0.0701. The van der Waals surface area contributed by atoms with Gasteiger partial charge in [0.05, 0.1) is 5.57 Å². The molecule has 0 bridgehead atoms. The summed E-state index contributed by atoms with van der Waals surface area (Å²) in [5.74, 6) is -0.124. The van der Waals surface area contributed by atoms with Crippen molar-refractivity contribution < 1.29 is 9.59 Å². The number of allylic oxidation sites excluding steroid dienone is 5. The first kappa shape index (κ1) is 41.7. The largest absolute Gasteiger partial charge is 0.381 e. The monoisotopic (exact) mass is 694 g/mol. The van der Waals surface area contributed by atoms with Gasteiger partial charge in [0.15, 0.2) is 0 Å². The fourth-order valence-corrected chi connectivity index (χ4v) is 5.94.